The number of hydrogen-bond donors (Lipinski definition) is 2. The van der Waals surface area contributed by atoms with Crippen molar-refractivity contribution in [1.82, 2.24) is 4.98 Å². The molecular weight excluding hydrogens is 334 g/mol. The van der Waals surface area contributed by atoms with Crippen LogP contribution in [0, 0.1) is 13.8 Å². The van der Waals surface area contributed by atoms with Gasteiger partial charge in [-0.2, -0.15) is 0 Å². The van der Waals surface area contributed by atoms with Gasteiger partial charge in [-0.1, -0.05) is 29.5 Å². The Kier molecular flexibility index (Phi) is 4.81. The molecule has 1 heterocycles. The molecule has 0 aliphatic rings. The number of amides is 2. The van der Waals surface area contributed by atoms with Gasteiger partial charge in [-0.05, 0) is 48.7 Å². The highest BCUT2D eigenvalue weighted by molar-refractivity contribution is 7.22. The van der Waals surface area contributed by atoms with E-state index in [1.54, 1.807) is 0 Å². The minimum atomic E-state index is -0.146. The van der Waals surface area contributed by atoms with Crippen LogP contribution in [0.3, 0.4) is 0 Å². The summed E-state index contributed by atoms with van der Waals surface area (Å²) in [6, 6.07) is 11.6. The molecule has 25 heavy (non-hydrogen) atoms. The van der Waals surface area contributed by atoms with E-state index < -0.39 is 0 Å². The smallest absolute Gasteiger partial charge is 0.228 e. The van der Waals surface area contributed by atoms with Gasteiger partial charge in [0, 0.05) is 12.6 Å². The number of nitrogens with zero attached hydrogens (tertiary/aromatic N) is 1. The van der Waals surface area contributed by atoms with Crippen molar-refractivity contribution in [3.8, 4) is 0 Å². The normalized spacial score (nSPS) is 10.7. The molecule has 0 radical (unpaired) electrons. The Hall–Kier alpha value is -2.73. The molecule has 0 bridgehead atoms. The number of carbonyl (C=O) groups is 2. The van der Waals surface area contributed by atoms with Gasteiger partial charge < -0.3 is 10.6 Å². The average molecular weight is 353 g/mol. The number of fused-ring (bicyclic) bond motifs is 1. The third-order valence-electron chi connectivity index (χ3n) is 3.98. The first kappa shape index (κ1) is 17.1. The minimum Gasteiger partial charge on any atom is -0.326 e. The number of hydrogen-bond acceptors (Lipinski definition) is 4. The van der Waals surface area contributed by atoms with Crippen LogP contribution in [0.2, 0.25) is 0 Å². The number of rotatable bonds is 4. The molecule has 2 aromatic carbocycles. The monoisotopic (exact) mass is 353 g/mol. The molecule has 128 valence electrons. The molecule has 6 heteroatoms. The summed E-state index contributed by atoms with van der Waals surface area (Å²) < 4.78 is 0.945. The number of aromatic nitrogens is 1. The van der Waals surface area contributed by atoms with Crippen molar-refractivity contribution in [2.75, 3.05) is 10.6 Å². The minimum absolute atomic E-state index is 0.0559. The van der Waals surface area contributed by atoms with Gasteiger partial charge in [0.05, 0.1) is 16.6 Å². The Morgan fingerprint density at radius 3 is 2.68 bits per heavy atom. The lowest BCUT2D eigenvalue weighted by atomic mass is 10.1. The summed E-state index contributed by atoms with van der Waals surface area (Å²) in [6.07, 6.45) is 0.288. The number of thiazole rings is 1. The molecule has 0 unspecified atom stereocenters. The summed E-state index contributed by atoms with van der Waals surface area (Å²) in [6.45, 7) is 5.47. The Bertz CT molecular complexity index is 962. The van der Waals surface area contributed by atoms with Crippen LogP contribution >= 0.6 is 11.3 Å². The lowest BCUT2D eigenvalue weighted by molar-refractivity contribution is -0.116. The van der Waals surface area contributed by atoms with E-state index in [0.29, 0.717) is 5.13 Å². The van der Waals surface area contributed by atoms with E-state index in [0.717, 1.165) is 32.6 Å². The van der Waals surface area contributed by atoms with Gasteiger partial charge in [0.1, 0.15) is 0 Å². The predicted octanol–water partition coefficient (Wildman–Crippen LogP) is 4.05. The van der Waals surface area contributed by atoms with E-state index in [-0.39, 0.29) is 18.2 Å². The number of carbonyl (C=O) groups excluding carboxylic acids is 2. The van der Waals surface area contributed by atoms with Gasteiger partial charge in [0.2, 0.25) is 11.8 Å². The van der Waals surface area contributed by atoms with E-state index in [1.807, 2.05) is 50.2 Å². The van der Waals surface area contributed by atoms with Crippen LogP contribution in [-0.4, -0.2) is 16.8 Å². The molecule has 0 spiro atoms. The molecule has 0 aliphatic carbocycles. The average Bonchev–Trinajstić information content (AvgIpc) is 2.92. The SMILES string of the molecule is CC(=O)Nc1nc2ccc(CC(=O)Nc3cccc(C)c3C)cc2s1. The third-order valence-corrected chi connectivity index (χ3v) is 4.91. The van der Waals surface area contributed by atoms with Gasteiger partial charge in [-0.15, -0.1) is 0 Å². The fourth-order valence-electron chi connectivity index (χ4n) is 2.55. The summed E-state index contributed by atoms with van der Waals surface area (Å²) in [5.74, 6) is -0.202. The number of nitrogens with one attached hydrogen (secondary N) is 2. The topological polar surface area (TPSA) is 71.1 Å². The highest BCUT2D eigenvalue weighted by atomic mass is 32.1. The molecule has 0 fully saturated rings. The van der Waals surface area contributed by atoms with Crippen molar-refractivity contribution < 1.29 is 9.59 Å². The van der Waals surface area contributed by atoms with Crippen molar-refractivity contribution in [2.45, 2.75) is 27.2 Å². The molecule has 3 rings (SSSR count). The predicted molar refractivity (Wildman–Crippen MR) is 102 cm³/mol. The second kappa shape index (κ2) is 7.03. The highest BCUT2D eigenvalue weighted by Crippen LogP contribution is 2.27. The molecule has 3 aromatic rings. The van der Waals surface area contributed by atoms with Crippen molar-refractivity contribution in [3.63, 3.8) is 0 Å². The zero-order chi connectivity index (χ0) is 18.0. The summed E-state index contributed by atoms with van der Waals surface area (Å²) >= 11 is 1.40. The third kappa shape index (κ3) is 4.03. The number of aryl methyl sites for hydroxylation is 1. The molecule has 2 N–H and O–H groups in total. The Morgan fingerprint density at radius 1 is 1.12 bits per heavy atom. The van der Waals surface area contributed by atoms with Crippen molar-refractivity contribution in [1.29, 1.82) is 0 Å². The summed E-state index contributed by atoms with van der Waals surface area (Å²) in [7, 11) is 0. The van der Waals surface area contributed by atoms with E-state index >= 15 is 0 Å². The fourth-order valence-corrected chi connectivity index (χ4v) is 3.52. The first-order valence-electron chi connectivity index (χ1n) is 7.95. The van der Waals surface area contributed by atoms with Gasteiger partial charge >= 0.3 is 0 Å². The van der Waals surface area contributed by atoms with Gasteiger partial charge in [0.15, 0.2) is 5.13 Å². The van der Waals surface area contributed by atoms with E-state index in [2.05, 4.69) is 15.6 Å². The van der Waals surface area contributed by atoms with Crippen molar-refractivity contribution >= 4 is 44.2 Å². The Balaban J connectivity index is 1.74. The van der Waals surface area contributed by atoms with E-state index in [9.17, 15) is 9.59 Å². The molecular formula is C19H19N3O2S. The summed E-state index contributed by atoms with van der Waals surface area (Å²) in [5.41, 5.74) is 4.79. The van der Waals surface area contributed by atoms with E-state index in [1.165, 1.54) is 18.3 Å². The molecule has 0 atom stereocenters. The lowest BCUT2D eigenvalue weighted by Crippen LogP contribution is -2.15. The number of benzene rings is 2. The van der Waals surface area contributed by atoms with Crippen LogP contribution in [0.5, 0.6) is 0 Å². The van der Waals surface area contributed by atoms with Crippen molar-refractivity contribution in [3.05, 3.63) is 53.1 Å². The molecule has 5 nitrogen and oxygen atoms in total. The quantitative estimate of drug-likeness (QED) is 0.743. The van der Waals surface area contributed by atoms with Gasteiger partial charge in [-0.3, -0.25) is 9.59 Å². The molecule has 2 amide bonds. The van der Waals surface area contributed by atoms with Crippen molar-refractivity contribution in [2.24, 2.45) is 0 Å². The zero-order valence-corrected chi connectivity index (χ0v) is 15.2. The highest BCUT2D eigenvalue weighted by Gasteiger charge is 2.10. The molecule has 0 saturated heterocycles. The van der Waals surface area contributed by atoms with Crippen LogP contribution in [-0.2, 0) is 16.0 Å². The standard InChI is InChI=1S/C19H19N3O2S/c1-11-5-4-6-15(12(11)2)21-18(24)10-14-7-8-16-17(9-14)25-19(22-16)20-13(3)23/h4-9H,10H2,1-3H3,(H,21,24)(H,20,22,23). The van der Waals surface area contributed by atoms with Crippen LogP contribution < -0.4 is 10.6 Å². The second-order valence-electron chi connectivity index (χ2n) is 5.97. The largest absolute Gasteiger partial charge is 0.326 e. The maximum atomic E-state index is 12.4. The fraction of sp³-hybridized carbons (Fsp3) is 0.211. The molecule has 0 saturated carbocycles. The van der Waals surface area contributed by atoms with Crippen LogP contribution in [0.25, 0.3) is 10.2 Å². The first-order valence-corrected chi connectivity index (χ1v) is 8.77. The van der Waals surface area contributed by atoms with E-state index in [4.69, 9.17) is 0 Å². The second-order valence-corrected chi connectivity index (χ2v) is 7.01. The molecule has 1 aromatic heterocycles. The summed E-state index contributed by atoms with van der Waals surface area (Å²) in [4.78, 5) is 27.8. The van der Waals surface area contributed by atoms with Crippen LogP contribution in [0.15, 0.2) is 36.4 Å². The zero-order valence-electron chi connectivity index (χ0n) is 14.3. The maximum absolute atomic E-state index is 12.4. The number of anilines is 2. The summed E-state index contributed by atoms with van der Waals surface area (Å²) in [5, 5.41) is 6.23. The van der Waals surface area contributed by atoms with Crippen LogP contribution in [0.4, 0.5) is 10.8 Å². The lowest BCUT2D eigenvalue weighted by Gasteiger charge is -2.10. The Labute approximate surface area is 150 Å². The Morgan fingerprint density at radius 2 is 1.92 bits per heavy atom. The van der Waals surface area contributed by atoms with Gasteiger partial charge in [-0.25, -0.2) is 4.98 Å². The van der Waals surface area contributed by atoms with Gasteiger partial charge in [0.25, 0.3) is 0 Å². The molecule has 0 aliphatic heterocycles. The first-order chi connectivity index (χ1) is 11.9. The van der Waals surface area contributed by atoms with Crippen LogP contribution in [0.1, 0.15) is 23.6 Å². The maximum Gasteiger partial charge on any atom is 0.228 e.